The number of hydrogen-bond donors (Lipinski definition) is 0. The van der Waals surface area contributed by atoms with E-state index in [9.17, 15) is 0 Å². The quantitative estimate of drug-likeness (QED) is 0.572. The second kappa shape index (κ2) is 4.55. The Kier molecular flexibility index (Phi) is 3.81. The van der Waals surface area contributed by atoms with E-state index in [1.807, 2.05) is 0 Å². The summed E-state index contributed by atoms with van der Waals surface area (Å²) in [5.74, 6) is 1.42. The van der Waals surface area contributed by atoms with Gasteiger partial charge in [-0.25, -0.2) is 0 Å². The monoisotopic (exact) mass is 206 g/mol. The first-order valence-electron chi connectivity index (χ1n) is 6.21. The van der Waals surface area contributed by atoms with Crippen LogP contribution in [0.2, 0.25) is 0 Å². The van der Waals surface area contributed by atoms with E-state index < -0.39 is 0 Å². The largest absolute Gasteiger partial charge is 0.0999 e. The zero-order valence-corrected chi connectivity index (χ0v) is 10.9. The minimum atomic E-state index is 0.484. The van der Waals surface area contributed by atoms with Crippen LogP contribution < -0.4 is 0 Å². The highest BCUT2D eigenvalue weighted by atomic mass is 14.4. The van der Waals surface area contributed by atoms with E-state index in [0.29, 0.717) is 11.3 Å². The molecule has 3 unspecified atom stereocenters. The van der Waals surface area contributed by atoms with E-state index in [2.05, 4.69) is 40.9 Å². The molecule has 0 radical (unpaired) electrons. The molecule has 1 rings (SSSR count). The van der Waals surface area contributed by atoms with Gasteiger partial charge in [-0.05, 0) is 50.4 Å². The van der Waals surface area contributed by atoms with Crippen molar-refractivity contribution in [1.29, 1.82) is 0 Å². The molecule has 0 N–H and O–H groups in total. The Hall–Kier alpha value is -0.520. The topological polar surface area (TPSA) is 0 Å². The Morgan fingerprint density at radius 1 is 1.27 bits per heavy atom. The number of hydrogen-bond acceptors (Lipinski definition) is 0. The molecule has 0 nitrogen and oxygen atoms in total. The maximum Gasteiger partial charge on any atom is -0.0149 e. The van der Waals surface area contributed by atoms with Gasteiger partial charge in [-0.3, -0.25) is 0 Å². The average molecular weight is 206 g/mol. The van der Waals surface area contributed by atoms with E-state index in [-0.39, 0.29) is 0 Å². The predicted octanol–water partition coefficient (Wildman–Crippen LogP) is 4.97. The summed E-state index contributed by atoms with van der Waals surface area (Å²) in [7, 11) is 0. The van der Waals surface area contributed by atoms with E-state index in [4.69, 9.17) is 0 Å². The Balaban J connectivity index is 2.83. The zero-order valence-electron chi connectivity index (χ0n) is 10.9. The first kappa shape index (κ1) is 12.5. The smallest absolute Gasteiger partial charge is 0.0149 e. The summed E-state index contributed by atoms with van der Waals surface area (Å²) in [5, 5.41) is 0. The van der Waals surface area contributed by atoms with Gasteiger partial charge in [-0.2, -0.15) is 0 Å². The van der Waals surface area contributed by atoms with Gasteiger partial charge in [0.25, 0.3) is 0 Å². The van der Waals surface area contributed by atoms with Crippen LogP contribution in [-0.2, 0) is 0 Å². The van der Waals surface area contributed by atoms with Crippen molar-refractivity contribution in [2.24, 2.45) is 17.3 Å². The van der Waals surface area contributed by atoms with Crippen LogP contribution in [0.5, 0.6) is 0 Å². The Morgan fingerprint density at radius 2 is 1.87 bits per heavy atom. The van der Waals surface area contributed by atoms with Gasteiger partial charge in [0.05, 0.1) is 0 Å². The molecule has 86 valence electrons. The van der Waals surface area contributed by atoms with Crippen LogP contribution in [0.25, 0.3) is 0 Å². The molecule has 0 heteroatoms. The molecule has 1 aliphatic carbocycles. The second-order valence-corrected chi connectivity index (χ2v) is 5.72. The third kappa shape index (κ3) is 2.53. The molecule has 0 saturated heterocycles. The molecular formula is C15H26. The van der Waals surface area contributed by atoms with Crippen molar-refractivity contribution in [3.63, 3.8) is 0 Å². The van der Waals surface area contributed by atoms with Crippen LogP contribution in [0, 0.1) is 17.3 Å². The van der Waals surface area contributed by atoms with Gasteiger partial charge in [0, 0.05) is 0 Å². The minimum absolute atomic E-state index is 0.484. The molecule has 0 aromatic carbocycles. The van der Waals surface area contributed by atoms with Crippen molar-refractivity contribution in [3.8, 4) is 0 Å². The average Bonchev–Trinajstić information content (AvgIpc) is 2.17. The summed E-state index contributed by atoms with van der Waals surface area (Å²) in [5.41, 5.74) is 3.21. The van der Waals surface area contributed by atoms with Gasteiger partial charge in [-0.1, -0.05) is 44.6 Å². The van der Waals surface area contributed by atoms with E-state index in [1.165, 1.54) is 36.8 Å². The maximum atomic E-state index is 4.19. The molecule has 0 spiro atoms. The summed E-state index contributed by atoms with van der Waals surface area (Å²) in [4.78, 5) is 0. The predicted molar refractivity (Wildman–Crippen MR) is 68.9 cm³/mol. The maximum absolute atomic E-state index is 4.19. The summed E-state index contributed by atoms with van der Waals surface area (Å²) in [6.07, 6.45) is 5.20. The Morgan fingerprint density at radius 3 is 2.27 bits per heavy atom. The third-order valence-corrected chi connectivity index (χ3v) is 4.52. The van der Waals surface area contributed by atoms with Crippen molar-refractivity contribution in [1.82, 2.24) is 0 Å². The fourth-order valence-corrected chi connectivity index (χ4v) is 3.03. The van der Waals surface area contributed by atoms with E-state index in [0.717, 1.165) is 5.92 Å². The summed E-state index contributed by atoms with van der Waals surface area (Å²) < 4.78 is 0. The van der Waals surface area contributed by atoms with Crippen molar-refractivity contribution >= 4 is 0 Å². The number of rotatable bonds is 3. The van der Waals surface area contributed by atoms with Gasteiger partial charge < -0.3 is 0 Å². The van der Waals surface area contributed by atoms with Gasteiger partial charge in [0.15, 0.2) is 0 Å². The molecule has 0 amide bonds. The fourth-order valence-electron chi connectivity index (χ4n) is 3.03. The zero-order chi connectivity index (χ0) is 11.6. The van der Waals surface area contributed by atoms with Crippen LogP contribution in [0.15, 0.2) is 24.3 Å². The molecule has 1 aliphatic rings. The molecule has 0 heterocycles. The van der Waals surface area contributed by atoms with Crippen molar-refractivity contribution < 1.29 is 0 Å². The summed E-state index contributed by atoms with van der Waals surface area (Å²) in [6, 6.07) is 0. The normalized spacial score (nSPS) is 36.3. The van der Waals surface area contributed by atoms with Crippen molar-refractivity contribution in [2.45, 2.75) is 53.4 Å². The van der Waals surface area contributed by atoms with Crippen LogP contribution in [0.3, 0.4) is 0 Å². The lowest BCUT2D eigenvalue weighted by molar-refractivity contribution is 0.112. The van der Waals surface area contributed by atoms with Crippen LogP contribution in [-0.4, -0.2) is 0 Å². The van der Waals surface area contributed by atoms with Crippen LogP contribution in [0.1, 0.15) is 53.4 Å². The van der Waals surface area contributed by atoms with Gasteiger partial charge in [-0.15, -0.1) is 0 Å². The third-order valence-electron chi connectivity index (χ3n) is 4.52. The summed E-state index contributed by atoms with van der Waals surface area (Å²) in [6.45, 7) is 17.4. The van der Waals surface area contributed by atoms with Gasteiger partial charge in [0.1, 0.15) is 0 Å². The van der Waals surface area contributed by atoms with E-state index in [1.54, 1.807) is 0 Å². The van der Waals surface area contributed by atoms with Gasteiger partial charge >= 0.3 is 0 Å². The molecule has 0 aromatic heterocycles. The van der Waals surface area contributed by atoms with Crippen LogP contribution >= 0.6 is 0 Å². The van der Waals surface area contributed by atoms with Crippen molar-refractivity contribution in [3.05, 3.63) is 24.3 Å². The lowest BCUT2D eigenvalue weighted by Crippen LogP contribution is -2.34. The summed E-state index contributed by atoms with van der Waals surface area (Å²) >= 11 is 0. The molecule has 0 aromatic rings. The molecule has 0 aliphatic heterocycles. The van der Waals surface area contributed by atoms with Gasteiger partial charge in [0.2, 0.25) is 0 Å². The Bertz CT molecular complexity index is 261. The second-order valence-electron chi connectivity index (χ2n) is 5.72. The highest BCUT2D eigenvalue weighted by Gasteiger charge is 2.38. The lowest BCUT2D eigenvalue weighted by atomic mass is 9.60. The van der Waals surface area contributed by atoms with Crippen LogP contribution in [0.4, 0.5) is 0 Å². The molecule has 1 fully saturated rings. The lowest BCUT2D eigenvalue weighted by Gasteiger charge is -2.45. The minimum Gasteiger partial charge on any atom is -0.0999 e. The molecule has 3 atom stereocenters. The highest BCUT2D eigenvalue weighted by molar-refractivity contribution is 5.10. The molecule has 0 bridgehead atoms. The van der Waals surface area contributed by atoms with Crippen molar-refractivity contribution in [2.75, 3.05) is 0 Å². The first-order chi connectivity index (χ1) is 6.90. The van der Waals surface area contributed by atoms with E-state index >= 15 is 0 Å². The molecule has 1 saturated carbocycles. The Labute approximate surface area is 95.5 Å². The molecule has 15 heavy (non-hydrogen) atoms. The highest BCUT2D eigenvalue weighted by Crippen LogP contribution is 2.49. The number of allylic oxidation sites excluding steroid dienone is 2. The molecular weight excluding hydrogens is 180 g/mol. The first-order valence-corrected chi connectivity index (χ1v) is 6.21. The standard InChI is InChI=1S/C15H26/c1-7-15(6)9-8-13(11(2)3)10-14(15)12(4)5/h13-14H,2,4,7-10H2,1,3,5-6H3. The fraction of sp³-hybridized carbons (Fsp3) is 0.733. The SMILES string of the molecule is C=C(C)C1CCC(C)(CC)C(C(=C)C)C1.